The van der Waals surface area contributed by atoms with Crippen molar-refractivity contribution in [1.82, 2.24) is 9.97 Å². The predicted octanol–water partition coefficient (Wildman–Crippen LogP) is 4.05. The molecule has 3 aromatic rings. The highest BCUT2D eigenvalue weighted by molar-refractivity contribution is 7.99. The van der Waals surface area contributed by atoms with E-state index in [0.29, 0.717) is 16.4 Å². The number of hydrogen-bond acceptors (Lipinski definition) is 3. The zero-order valence-corrected chi connectivity index (χ0v) is 13.6. The van der Waals surface area contributed by atoms with Crippen LogP contribution >= 0.6 is 11.8 Å². The number of aromatic nitrogens is 2. The van der Waals surface area contributed by atoms with Crippen LogP contribution in [0.15, 0.2) is 41.6 Å². The van der Waals surface area contributed by atoms with Crippen LogP contribution in [0, 0.1) is 19.7 Å². The molecule has 1 aromatic heterocycles. The van der Waals surface area contributed by atoms with Crippen LogP contribution in [0.5, 0.6) is 0 Å². The Kier molecular flexibility index (Phi) is 4.34. The molecule has 1 amide bonds. The van der Waals surface area contributed by atoms with Crippen LogP contribution in [0.1, 0.15) is 11.1 Å². The molecule has 0 aliphatic heterocycles. The third kappa shape index (κ3) is 3.71. The number of H-pyrrole nitrogens is 1. The highest BCUT2D eigenvalue weighted by Crippen LogP contribution is 2.21. The molecule has 0 fully saturated rings. The van der Waals surface area contributed by atoms with E-state index in [2.05, 4.69) is 15.3 Å². The first-order chi connectivity index (χ1) is 11.0. The van der Waals surface area contributed by atoms with Crippen LogP contribution in [0.25, 0.3) is 11.0 Å². The lowest BCUT2D eigenvalue weighted by Gasteiger charge is -2.05. The first-order valence-corrected chi connectivity index (χ1v) is 8.15. The maximum Gasteiger partial charge on any atom is 0.234 e. The fourth-order valence-corrected chi connectivity index (χ4v) is 2.86. The van der Waals surface area contributed by atoms with Crippen molar-refractivity contribution < 1.29 is 9.18 Å². The van der Waals surface area contributed by atoms with E-state index in [0.717, 1.165) is 16.6 Å². The fourth-order valence-electron chi connectivity index (χ4n) is 2.17. The smallest absolute Gasteiger partial charge is 0.234 e. The number of benzene rings is 2. The van der Waals surface area contributed by atoms with E-state index in [1.807, 2.05) is 25.1 Å². The minimum absolute atomic E-state index is 0.199. The van der Waals surface area contributed by atoms with Crippen molar-refractivity contribution in [2.24, 2.45) is 0 Å². The predicted molar refractivity (Wildman–Crippen MR) is 91.3 cm³/mol. The van der Waals surface area contributed by atoms with E-state index in [1.165, 1.54) is 17.8 Å². The van der Waals surface area contributed by atoms with Gasteiger partial charge in [-0.2, -0.15) is 0 Å². The number of nitrogens with zero attached hydrogens (tertiary/aromatic N) is 1. The average Bonchev–Trinajstić information content (AvgIpc) is 2.91. The number of aryl methyl sites for hydroxylation is 2. The molecule has 0 aliphatic carbocycles. The van der Waals surface area contributed by atoms with E-state index in [-0.39, 0.29) is 17.5 Å². The molecule has 0 saturated heterocycles. The molecular formula is C17H16FN3OS. The van der Waals surface area contributed by atoms with Gasteiger partial charge in [-0.3, -0.25) is 4.79 Å². The van der Waals surface area contributed by atoms with Crippen molar-refractivity contribution >= 4 is 34.4 Å². The van der Waals surface area contributed by atoms with E-state index in [9.17, 15) is 9.18 Å². The minimum atomic E-state index is -0.330. The lowest BCUT2D eigenvalue weighted by atomic mass is 10.2. The molecule has 0 bridgehead atoms. The number of anilines is 1. The van der Waals surface area contributed by atoms with Gasteiger partial charge in [0.1, 0.15) is 5.82 Å². The second-order valence-electron chi connectivity index (χ2n) is 5.36. The Balaban J connectivity index is 1.62. The van der Waals surface area contributed by atoms with Gasteiger partial charge in [0, 0.05) is 5.69 Å². The average molecular weight is 329 g/mol. The van der Waals surface area contributed by atoms with Crippen LogP contribution in [-0.4, -0.2) is 21.6 Å². The summed E-state index contributed by atoms with van der Waals surface area (Å²) in [5.74, 6) is -0.327. The van der Waals surface area contributed by atoms with Crippen LogP contribution in [-0.2, 0) is 4.79 Å². The maximum absolute atomic E-state index is 13.5. The Bertz CT molecular complexity index is 875. The van der Waals surface area contributed by atoms with Gasteiger partial charge in [0.05, 0.1) is 16.8 Å². The molecule has 6 heteroatoms. The number of carbonyl (C=O) groups excluding carboxylic acids is 1. The van der Waals surface area contributed by atoms with Gasteiger partial charge in [0.15, 0.2) is 5.16 Å². The number of nitrogens with one attached hydrogen (secondary N) is 2. The molecule has 0 saturated carbocycles. The second kappa shape index (κ2) is 6.42. The standard InChI is InChI=1S/C17H16FN3OS/c1-10-3-6-14-15(7-10)21-17(20-14)23-9-16(22)19-12-5-4-11(2)13(18)8-12/h3-8H,9H2,1-2H3,(H,19,22)(H,20,21). The van der Waals surface area contributed by atoms with Crippen molar-refractivity contribution in [3.63, 3.8) is 0 Å². The van der Waals surface area contributed by atoms with Gasteiger partial charge in [-0.15, -0.1) is 0 Å². The van der Waals surface area contributed by atoms with Crippen molar-refractivity contribution in [2.45, 2.75) is 19.0 Å². The van der Waals surface area contributed by atoms with E-state index in [4.69, 9.17) is 0 Å². The first-order valence-electron chi connectivity index (χ1n) is 7.16. The Morgan fingerprint density at radius 3 is 2.87 bits per heavy atom. The highest BCUT2D eigenvalue weighted by atomic mass is 32.2. The van der Waals surface area contributed by atoms with Crippen molar-refractivity contribution in [3.05, 3.63) is 53.3 Å². The number of aromatic amines is 1. The summed E-state index contributed by atoms with van der Waals surface area (Å²) in [5, 5.41) is 3.37. The number of carbonyl (C=O) groups is 1. The molecule has 2 aromatic carbocycles. The molecule has 0 unspecified atom stereocenters. The number of rotatable bonds is 4. The number of halogens is 1. The zero-order chi connectivity index (χ0) is 16.4. The highest BCUT2D eigenvalue weighted by Gasteiger charge is 2.08. The molecule has 3 rings (SSSR count). The number of imidazole rings is 1. The molecule has 0 atom stereocenters. The monoisotopic (exact) mass is 329 g/mol. The van der Waals surface area contributed by atoms with E-state index >= 15 is 0 Å². The topological polar surface area (TPSA) is 57.8 Å². The number of hydrogen-bond donors (Lipinski definition) is 2. The summed E-state index contributed by atoms with van der Waals surface area (Å²) >= 11 is 1.31. The molecule has 2 N–H and O–H groups in total. The van der Waals surface area contributed by atoms with Gasteiger partial charge >= 0.3 is 0 Å². The Labute approximate surface area is 137 Å². The molecular weight excluding hydrogens is 313 g/mol. The third-order valence-electron chi connectivity index (χ3n) is 3.41. The van der Waals surface area contributed by atoms with Gasteiger partial charge < -0.3 is 10.3 Å². The molecule has 1 heterocycles. The number of fused-ring (bicyclic) bond motifs is 1. The Morgan fingerprint density at radius 1 is 1.26 bits per heavy atom. The molecule has 118 valence electrons. The quantitative estimate of drug-likeness (QED) is 0.710. The largest absolute Gasteiger partial charge is 0.333 e. The van der Waals surface area contributed by atoms with Gasteiger partial charge in [0.2, 0.25) is 5.91 Å². The van der Waals surface area contributed by atoms with Gasteiger partial charge in [-0.25, -0.2) is 9.37 Å². The Hall–Kier alpha value is -2.34. The van der Waals surface area contributed by atoms with Gasteiger partial charge in [-0.05, 0) is 49.2 Å². The third-order valence-corrected chi connectivity index (χ3v) is 4.28. The van der Waals surface area contributed by atoms with Gasteiger partial charge in [0.25, 0.3) is 0 Å². The normalized spacial score (nSPS) is 10.9. The zero-order valence-electron chi connectivity index (χ0n) is 12.8. The summed E-state index contributed by atoms with van der Waals surface area (Å²) in [6.45, 7) is 3.70. The fraction of sp³-hybridized carbons (Fsp3) is 0.176. The second-order valence-corrected chi connectivity index (χ2v) is 6.33. The summed E-state index contributed by atoms with van der Waals surface area (Å²) in [7, 11) is 0. The van der Waals surface area contributed by atoms with Crippen LogP contribution in [0.2, 0.25) is 0 Å². The summed E-state index contributed by atoms with van der Waals surface area (Å²) in [6, 6.07) is 10.6. The summed E-state index contributed by atoms with van der Waals surface area (Å²) in [4.78, 5) is 19.6. The van der Waals surface area contributed by atoms with Crippen LogP contribution in [0.3, 0.4) is 0 Å². The molecule has 4 nitrogen and oxygen atoms in total. The Morgan fingerprint density at radius 2 is 2.09 bits per heavy atom. The lowest BCUT2D eigenvalue weighted by molar-refractivity contribution is -0.113. The molecule has 0 radical (unpaired) electrons. The summed E-state index contributed by atoms with van der Waals surface area (Å²) in [6.07, 6.45) is 0. The van der Waals surface area contributed by atoms with Gasteiger partial charge in [-0.1, -0.05) is 23.9 Å². The van der Waals surface area contributed by atoms with E-state index in [1.54, 1.807) is 19.1 Å². The molecule has 0 spiro atoms. The number of thioether (sulfide) groups is 1. The molecule has 0 aliphatic rings. The SMILES string of the molecule is Cc1ccc2nc(SCC(=O)Nc3ccc(C)c(F)c3)[nH]c2c1. The summed E-state index contributed by atoms with van der Waals surface area (Å²) in [5.41, 5.74) is 3.98. The maximum atomic E-state index is 13.5. The van der Waals surface area contributed by atoms with Crippen molar-refractivity contribution in [2.75, 3.05) is 11.1 Å². The molecule has 23 heavy (non-hydrogen) atoms. The van der Waals surface area contributed by atoms with E-state index < -0.39 is 0 Å². The summed E-state index contributed by atoms with van der Waals surface area (Å²) < 4.78 is 13.5. The van der Waals surface area contributed by atoms with Crippen molar-refractivity contribution in [3.8, 4) is 0 Å². The minimum Gasteiger partial charge on any atom is -0.333 e. The first kappa shape index (κ1) is 15.6. The lowest BCUT2D eigenvalue weighted by Crippen LogP contribution is -2.14. The van der Waals surface area contributed by atoms with Crippen molar-refractivity contribution in [1.29, 1.82) is 0 Å². The van der Waals surface area contributed by atoms with Crippen LogP contribution < -0.4 is 5.32 Å². The van der Waals surface area contributed by atoms with Crippen LogP contribution in [0.4, 0.5) is 10.1 Å². The number of amides is 1.